The number of piperazine rings is 1. The van der Waals surface area contributed by atoms with Crippen LogP contribution in [0.5, 0.6) is 5.75 Å². The second-order valence-corrected chi connectivity index (χ2v) is 7.84. The van der Waals surface area contributed by atoms with Gasteiger partial charge in [0, 0.05) is 26.2 Å². The number of ether oxygens (including phenoxy) is 1. The molecule has 3 nitrogen and oxygen atoms in total. The SMILES string of the molecule is Cc1c(C)c(C)c([C@H](c2ccc(OC(F)(F)F)cc2)N2CCNCC2)c(C)c1C.Cl.Cl. The van der Waals surface area contributed by atoms with Crippen LogP contribution in [0.25, 0.3) is 0 Å². The lowest BCUT2D eigenvalue weighted by molar-refractivity contribution is -0.274. The number of nitrogens with one attached hydrogen (secondary N) is 1. The van der Waals surface area contributed by atoms with E-state index in [1.807, 2.05) is 0 Å². The summed E-state index contributed by atoms with van der Waals surface area (Å²) >= 11 is 0. The number of nitrogens with zero attached hydrogens (tertiary/aromatic N) is 1. The van der Waals surface area contributed by atoms with Crippen molar-refractivity contribution in [3.8, 4) is 5.75 Å². The summed E-state index contributed by atoms with van der Waals surface area (Å²) in [4.78, 5) is 2.42. The Morgan fingerprint density at radius 1 is 0.806 bits per heavy atom. The topological polar surface area (TPSA) is 24.5 Å². The minimum absolute atomic E-state index is 0. The van der Waals surface area contributed by atoms with Crippen molar-refractivity contribution in [1.29, 1.82) is 0 Å². The maximum atomic E-state index is 12.6. The van der Waals surface area contributed by atoms with Gasteiger partial charge in [0.25, 0.3) is 0 Å². The van der Waals surface area contributed by atoms with Crippen molar-refractivity contribution in [2.24, 2.45) is 0 Å². The van der Waals surface area contributed by atoms with Crippen LogP contribution in [0.2, 0.25) is 0 Å². The van der Waals surface area contributed by atoms with Gasteiger partial charge in [0.05, 0.1) is 6.04 Å². The molecule has 3 rings (SSSR count). The second-order valence-electron chi connectivity index (χ2n) is 7.84. The predicted octanol–water partition coefficient (Wildman–Crippen LogP) is 5.97. The summed E-state index contributed by atoms with van der Waals surface area (Å²) in [6, 6.07) is 6.34. The summed E-state index contributed by atoms with van der Waals surface area (Å²) < 4.78 is 41.7. The number of benzene rings is 2. The molecule has 0 bridgehead atoms. The van der Waals surface area contributed by atoms with Gasteiger partial charge < -0.3 is 10.1 Å². The molecule has 2 aromatic rings. The second kappa shape index (κ2) is 10.9. The van der Waals surface area contributed by atoms with Crippen molar-refractivity contribution in [1.82, 2.24) is 10.2 Å². The maximum Gasteiger partial charge on any atom is 0.573 e. The van der Waals surface area contributed by atoms with Crippen LogP contribution in [0.3, 0.4) is 0 Å². The molecule has 0 unspecified atom stereocenters. The zero-order chi connectivity index (χ0) is 21.3. The Kier molecular flexibility index (Phi) is 9.70. The third-order valence-electron chi connectivity index (χ3n) is 6.28. The monoisotopic (exact) mass is 478 g/mol. The van der Waals surface area contributed by atoms with Gasteiger partial charge in [-0.3, -0.25) is 4.90 Å². The van der Waals surface area contributed by atoms with Gasteiger partial charge in [-0.1, -0.05) is 12.1 Å². The Hall–Kier alpha value is -1.47. The van der Waals surface area contributed by atoms with Crippen molar-refractivity contribution >= 4 is 24.8 Å². The van der Waals surface area contributed by atoms with Crippen LogP contribution in [0, 0.1) is 34.6 Å². The summed E-state index contributed by atoms with van der Waals surface area (Å²) in [5.74, 6) is -0.190. The molecule has 1 heterocycles. The first-order valence-corrected chi connectivity index (χ1v) is 9.97. The molecule has 0 spiro atoms. The van der Waals surface area contributed by atoms with E-state index >= 15 is 0 Å². The average Bonchev–Trinajstić information content (AvgIpc) is 2.68. The van der Waals surface area contributed by atoms with E-state index in [1.165, 1.54) is 45.5 Å². The summed E-state index contributed by atoms with van der Waals surface area (Å²) in [6.07, 6.45) is -4.68. The Bertz CT molecular complexity index is 851. The largest absolute Gasteiger partial charge is 0.573 e. The van der Waals surface area contributed by atoms with E-state index in [2.05, 4.69) is 49.6 Å². The summed E-state index contributed by atoms with van der Waals surface area (Å²) in [7, 11) is 0. The molecule has 0 aliphatic carbocycles. The van der Waals surface area contributed by atoms with Gasteiger partial charge in [0.2, 0.25) is 0 Å². The lowest BCUT2D eigenvalue weighted by Gasteiger charge is -2.38. The highest BCUT2D eigenvalue weighted by Crippen LogP contribution is 2.38. The first kappa shape index (κ1) is 27.6. The fourth-order valence-corrected chi connectivity index (χ4v) is 4.29. The Labute approximate surface area is 195 Å². The molecule has 31 heavy (non-hydrogen) atoms. The van der Waals surface area contributed by atoms with E-state index in [-0.39, 0.29) is 36.6 Å². The van der Waals surface area contributed by atoms with Gasteiger partial charge in [-0.2, -0.15) is 0 Å². The lowest BCUT2D eigenvalue weighted by Crippen LogP contribution is -2.45. The first-order chi connectivity index (χ1) is 13.6. The van der Waals surface area contributed by atoms with Crippen molar-refractivity contribution in [3.63, 3.8) is 0 Å². The van der Waals surface area contributed by atoms with Gasteiger partial charge in [0.15, 0.2) is 0 Å². The smallest absolute Gasteiger partial charge is 0.406 e. The molecule has 1 fully saturated rings. The molecule has 0 aromatic heterocycles. The molecule has 1 saturated heterocycles. The molecule has 174 valence electrons. The van der Waals surface area contributed by atoms with Crippen molar-refractivity contribution in [2.75, 3.05) is 26.2 Å². The van der Waals surface area contributed by atoms with Gasteiger partial charge in [-0.15, -0.1) is 38.0 Å². The predicted molar refractivity (Wildman–Crippen MR) is 124 cm³/mol. The fraction of sp³-hybridized carbons (Fsp3) is 0.478. The van der Waals surface area contributed by atoms with Gasteiger partial charge >= 0.3 is 6.36 Å². The first-order valence-electron chi connectivity index (χ1n) is 9.97. The van der Waals surface area contributed by atoms with Gasteiger partial charge in [0.1, 0.15) is 5.75 Å². The van der Waals surface area contributed by atoms with E-state index in [4.69, 9.17) is 0 Å². The van der Waals surface area contributed by atoms with Crippen LogP contribution < -0.4 is 10.1 Å². The highest BCUT2D eigenvalue weighted by atomic mass is 35.5. The van der Waals surface area contributed by atoms with E-state index in [0.29, 0.717) is 0 Å². The van der Waals surface area contributed by atoms with Gasteiger partial charge in [-0.25, -0.2) is 0 Å². The van der Waals surface area contributed by atoms with E-state index in [0.717, 1.165) is 31.7 Å². The quantitative estimate of drug-likeness (QED) is 0.585. The molecule has 2 aromatic carbocycles. The van der Waals surface area contributed by atoms with Crippen molar-refractivity contribution < 1.29 is 17.9 Å². The van der Waals surface area contributed by atoms with E-state index < -0.39 is 6.36 Å². The fourth-order valence-electron chi connectivity index (χ4n) is 4.29. The minimum Gasteiger partial charge on any atom is -0.406 e. The number of hydrogen-bond donors (Lipinski definition) is 1. The number of alkyl halides is 3. The summed E-state index contributed by atoms with van der Waals surface area (Å²) in [5.41, 5.74) is 8.61. The Morgan fingerprint density at radius 2 is 1.26 bits per heavy atom. The van der Waals surface area contributed by atoms with Crippen LogP contribution in [0.4, 0.5) is 13.2 Å². The van der Waals surface area contributed by atoms with Crippen LogP contribution in [0.1, 0.15) is 45.0 Å². The maximum absolute atomic E-state index is 12.6. The molecule has 0 radical (unpaired) electrons. The Morgan fingerprint density at radius 3 is 1.71 bits per heavy atom. The van der Waals surface area contributed by atoms with Crippen molar-refractivity contribution in [3.05, 3.63) is 63.2 Å². The summed E-state index contributed by atoms with van der Waals surface area (Å²) in [5, 5.41) is 3.38. The van der Waals surface area contributed by atoms with Crippen LogP contribution in [-0.2, 0) is 0 Å². The molecule has 0 amide bonds. The number of rotatable bonds is 4. The normalized spacial score (nSPS) is 15.6. The molecule has 1 atom stereocenters. The zero-order valence-electron chi connectivity index (χ0n) is 18.5. The van der Waals surface area contributed by atoms with Crippen LogP contribution in [-0.4, -0.2) is 37.4 Å². The lowest BCUT2D eigenvalue weighted by atomic mass is 9.83. The molecule has 1 N–H and O–H groups in total. The third kappa shape index (κ3) is 6.07. The minimum atomic E-state index is -4.68. The van der Waals surface area contributed by atoms with Crippen LogP contribution in [0.15, 0.2) is 24.3 Å². The molecular weight excluding hydrogens is 448 g/mol. The highest BCUT2D eigenvalue weighted by molar-refractivity contribution is 5.85. The standard InChI is InChI=1S/C23H29F3N2O.2ClH/c1-14-15(2)17(4)21(18(5)16(14)3)22(28-12-10-27-11-13-28)19-6-8-20(9-7-19)29-23(24,25)26;;/h6-9,22,27H,10-13H2,1-5H3;2*1H/t22-;;/m0../s1. The molecule has 8 heteroatoms. The number of hydrogen-bond acceptors (Lipinski definition) is 3. The highest BCUT2D eigenvalue weighted by Gasteiger charge is 2.32. The molecule has 1 aliphatic heterocycles. The van der Waals surface area contributed by atoms with Gasteiger partial charge in [-0.05, 0) is 85.7 Å². The average molecular weight is 479 g/mol. The van der Waals surface area contributed by atoms with Crippen LogP contribution >= 0.6 is 24.8 Å². The number of halogens is 5. The van der Waals surface area contributed by atoms with Crippen molar-refractivity contribution in [2.45, 2.75) is 47.0 Å². The van der Waals surface area contributed by atoms with E-state index in [9.17, 15) is 13.2 Å². The molecule has 1 aliphatic rings. The summed E-state index contributed by atoms with van der Waals surface area (Å²) in [6.45, 7) is 14.3. The van der Waals surface area contributed by atoms with E-state index in [1.54, 1.807) is 12.1 Å². The molecular formula is C23H31Cl2F3N2O. The third-order valence-corrected chi connectivity index (χ3v) is 6.28. The zero-order valence-corrected chi connectivity index (χ0v) is 20.2. The Balaban J connectivity index is 0.00000240. The molecule has 0 saturated carbocycles.